The van der Waals surface area contributed by atoms with Crippen molar-refractivity contribution >= 4 is 45.6 Å². The van der Waals surface area contributed by atoms with E-state index in [0.29, 0.717) is 15.2 Å². The van der Waals surface area contributed by atoms with Gasteiger partial charge in [0.25, 0.3) is 0 Å². The molecule has 0 aliphatic carbocycles. The Kier molecular flexibility index (Phi) is 3.51. The fourth-order valence-electron chi connectivity index (χ4n) is 1.21. The van der Waals surface area contributed by atoms with Crippen molar-refractivity contribution in [1.29, 1.82) is 0 Å². The van der Waals surface area contributed by atoms with E-state index in [1.54, 1.807) is 12.1 Å². The minimum atomic E-state index is -0.0139. The molecule has 17 heavy (non-hydrogen) atoms. The van der Waals surface area contributed by atoms with Crippen LogP contribution in [0.2, 0.25) is 10.0 Å². The zero-order chi connectivity index (χ0) is 12.4. The molecule has 0 aliphatic rings. The second-order valence-electron chi connectivity index (χ2n) is 3.18. The fourth-order valence-corrected chi connectivity index (χ4v) is 2.23. The number of nitrogens with zero attached hydrogens (tertiary/aromatic N) is 2. The van der Waals surface area contributed by atoms with Gasteiger partial charge in [0.05, 0.1) is 15.7 Å². The first kappa shape index (κ1) is 12.2. The molecule has 0 radical (unpaired) electrons. The number of hydrogen-bond donors (Lipinski definition) is 2. The highest BCUT2D eigenvalue weighted by Crippen LogP contribution is 2.31. The highest BCUT2D eigenvalue weighted by molar-refractivity contribution is 7.13. The molecule has 0 amide bonds. The summed E-state index contributed by atoms with van der Waals surface area (Å²) >= 11 is 13.1. The Morgan fingerprint density at radius 1 is 1.24 bits per heavy atom. The molecule has 0 unspecified atom stereocenters. The molecule has 1 aromatic heterocycles. The average molecular weight is 287 g/mol. The molecular weight excluding hydrogens is 279 g/mol. The summed E-state index contributed by atoms with van der Waals surface area (Å²) in [5.74, 6) is -0.0139. The van der Waals surface area contributed by atoms with Crippen molar-refractivity contribution in [3.63, 3.8) is 0 Å². The van der Waals surface area contributed by atoms with Crippen LogP contribution in [0, 0.1) is 0 Å². The second-order valence-corrected chi connectivity index (χ2v) is 4.83. The molecule has 4 nitrogen and oxygen atoms in total. The number of nitrogens with two attached hydrogens (primary N) is 2. The predicted molar refractivity (Wildman–Crippen MR) is 73.0 cm³/mol. The fraction of sp³-hybridized carbons (Fsp3) is 0. The molecule has 7 heteroatoms. The van der Waals surface area contributed by atoms with Gasteiger partial charge >= 0.3 is 0 Å². The molecule has 4 N–H and O–H groups in total. The Bertz CT molecular complexity index is 575. The van der Waals surface area contributed by atoms with Gasteiger partial charge in [-0.15, -0.1) is 11.3 Å². The highest BCUT2D eigenvalue weighted by atomic mass is 35.5. The van der Waals surface area contributed by atoms with Crippen molar-refractivity contribution in [2.45, 2.75) is 0 Å². The number of benzene rings is 1. The van der Waals surface area contributed by atoms with Gasteiger partial charge in [0.1, 0.15) is 0 Å². The van der Waals surface area contributed by atoms with Crippen molar-refractivity contribution in [2.75, 3.05) is 0 Å². The van der Waals surface area contributed by atoms with E-state index < -0.39 is 0 Å². The summed E-state index contributed by atoms with van der Waals surface area (Å²) in [6.45, 7) is 0. The maximum Gasteiger partial charge on any atom is 0.212 e. The van der Waals surface area contributed by atoms with Crippen molar-refractivity contribution in [1.82, 2.24) is 4.98 Å². The Morgan fingerprint density at radius 3 is 2.65 bits per heavy atom. The summed E-state index contributed by atoms with van der Waals surface area (Å²) in [7, 11) is 0. The van der Waals surface area contributed by atoms with Gasteiger partial charge in [-0.05, 0) is 12.1 Å². The Hall–Kier alpha value is -1.30. The Labute approximate surface area is 112 Å². The maximum atomic E-state index is 5.93. The van der Waals surface area contributed by atoms with Crippen molar-refractivity contribution in [2.24, 2.45) is 16.5 Å². The van der Waals surface area contributed by atoms with Gasteiger partial charge in [-0.25, -0.2) is 4.98 Å². The Balaban J connectivity index is 2.37. The van der Waals surface area contributed by atoms with E-state index in [2.05, 4.69) is 9.98 Å². The lowest BCUT2D eigenvalue weighted by atomic mass is 10.2. The van der Waals surface area contributed by atoms with Crippen LogP contribution in [0.4, 0.5) is 5.13 Å². The summed E-state index contributed by atoms with van der Waals surface area (Å²) in [6, 6.07) is 5.31. The van der Waals surface area contributed by atoms with Crippen LogP contribution >= 0.6 is 34.5 Å². The molecule has 1 aromatic carbocycles. The van der Waals surface area contributed by atoms with Gasteiger partial charge in [0.2, 0.25) is 5.13 Å². The second kappa shape index (κ2) is 4.91. The van der Waals surface area contributed by atoms with Gasteiger partial charge in [-0.1, -0.05) is 29.3 Å². The number of halogens is 2. The number of thiazole rings is 1. The lowest BCUT2D eigenvalue weighted by Crippen LogP contribution is -2.21. The van der Waals surface area contributed by atoms with E-state index in [1.807, 2.05) is 11.4 Å². The van der Waals surface area contributed by atoms with Crippen LogP contribution in [-0.4, -0.2) is 10.9 Å². The molecular formula is C10H8Cl2N4S. The number of guanidine groups is 1. The summed E-state index contributed by atoms with van der Waals surface area (Å²) in [4.78, 5) is 8.13. The third-order valence-electron chi connectivity index (χ3n) is 1.93. The highest BCUT2D eigenvalue weighted by Gasteiger charge is 2.06. The van der Waals surface area contributed by atoms with E-state index in [9.17, 15) is 0 Å². The van der Waals surface area contributed by atoms with Crippen LogP contribution in [0.15, 0.2) is 28.6 Å². The summed E-state index contributed by atoms with van der Waals surface area (Å²) < 4.78 is 0. The Morgan fingerprint density at radius 2 is 2.00 bits per heavy atom. The molecule has 2 aromatic rings. The van der Waals surface area contributed by atoms with Crippen LogP contribution in [0.1, 0.15) is 0 Å². The summed E-state index contributed by atoms with van der Waals surface area (Å²) in [6.07, 6.45) is 0. The van der Waals surface area contributed by atoms with Crippen LogP contribution in [0.25, 0.3) is 11.3 Å². The quantitative estimate of drug-likeness (QED) is 0.658. The van der Waals surface area contributed by atoms with Gasteiger partial charge in [-0.2, -0.15) is 4.99 Å². The first-order chi connectivity index (χ1) is 8.06. The third kappa shape index (κ3) is 2.88. The first-order valence-electron chi connectivity index (χ1n) is 4.57. The molecule has 2 rings (SSSR count). The predicted octanol–water partition coefficient (Wildman–Crippen LogP) is 3.02. The van der Waals surface area contributed by atoms with Crippen molar-refractivity contribution in [3.05, 3.63) is 33.6 Å². The number of aliphatic imine (C=N–C) groups is 1. The minimum absolute atomic E-state index is 0.0139. The van der Waals surface area contributed by atoms with Crippen LogP contribution in [0.3, 0.4) is 0 Å². The van der Waals surface area contributed by atoms with E-state index in [0.717, 1.165) is 11.3 Å². The maximum absolute atomic E-state index is 5.93. The van der Waals surface area contributed by atoms with Crippen LogP contribution in [-0.2, 0) is 0 Å². The van der Waals surface area contributed by atoms with Gasteiger partial charge in [-0.3, -0.25) is 0 Å². The zero-order valence-corrected chi connectivity index (χ0v) is 10.9. The molecule has 1 heterocycles. The largest absolute Gasteiger partial charge is 0.370 e. The molecule has 0 saturated heterocycles. The summed E-state index contributed by atoms with van der Waals surface area (Å²) in [5.41, 5.74) is 12.2. The number of aromatic nitrogens is 1. The molecule has 0 aliphatic heterocycles. The molecule has 0 saturated carbocycles. The smallest absolute Gasteiger partial charge is 0.212 e. The van der Waals surface area contributed by atoms with E-state index in [4.69, 9.17) is 34.7 Å². The lowest BCUT2D eigenvalue weighted by Gasteiger charge is -1.99. The third-order valence-corrected chi connectivity index (χ3v) is 3.41. The molecule has 88 valence electrons. The lowest BCUT2D eigenvalue weighted by molar-refractivity contribution is 1.33. The average Bonchev–Trinajstić information content (AvgIpc) is 2.69. The molecule has 0 fully saturated rings. The number of rotatable bonds is 2. The van der Waals surface area contributed by atoms with Crippen LogP contribution < -0.4 is 11.5 Å². The molecule has 0 bridgehead atoms. The topological polar surface area (TPSA) is 77.3 Å². The first-order valence-corrected chi connectivity index (χ1v) is 6.20. The number of hydrogen-bond acceptors (Lipinski definition) is 3. The normalized spacial score (nSPS) is 10.2. The van der Waals surface area contributed by atoms with Gasteiger partial charge in [0.15, 0.2) is 5.96 Å². The zero-order valence-electron chi connectivity index (χ0n) is 8.52. The summed E-state index contributed by atoms with van der Waals surface area (Å²) in [5, 5.41) is 3.35. The van der Waals surface area contributed by atoms with Gasteiger partial charge < -0.3 is 11.5 Å². The SMILES string of the molecule is NC(N)=Nc1nc(-c2ccc(Cl)c(Cl)c2)cs1. The van der Waals surface area contributed by atoms with E-state index >= 15 is 0 Å². The van der Waals surface area contributed by atoms with E-state index in [1.165, 1.54) is 11.3 Å². The van der Waals surface area contributed by atoms with Crippen molar-refractivity contribution < 1.29 is 0 Å². The molecule has 0 spiro atoms. The molecule has 0 atom stereocenters. The minimum Gasteiger partial charge on any atom is -0.370 e. The van der Waals surface area contributed by atoms with Gasteiger partial charge in [0, 0.05) is 10.9 Å². The monoisotopic (exact) mass is 286 g/mol. The standard InChI is InChI=1S/C10H8Cl2N4S/c11-6-2-1-5(3-7(6)12)8-4-17-10(15-8)16-9(13)14/h1-4H,(H4,13,14,15,16). The van der Waals surface area contributed by atoms with Crippen LogP contribution in [0.5, 0.6) is 0 Å². The van der Waals surface area contributed by atoms with E-state index in [-0.39, 0.29) is 5.96 Å². The van der Waals surface area contributed by atoms with Crippen molar-refractivity contribution in [3.8, 4) is 11.3 Å².